The largest absolute Gasteiger partial charge is 0.397 e. The number of carbonyl (C=O) groups is 2. The smallest absolute Gasteiger partial charge is 0.339 e. The van der Waals surface area contributed by atoms with Crippen LogP contribution < -0.4 is 0 Å². The lowest BCUT2D eigenvalue weighted by molar-refractivity contribution is -0.162. The van der Waals surface area contributed by atoms with Crippen LogP contribution in [0.1, 0.15) is 28.6 Å². The van der Waals surface area contributed by atoms with Crippen molar-refractivity contribution < 1.29 is 22.8 Å². The normalized spacial score (nSPS) is 16.0. The summed E-state index contributed by atoms with van der Waals surface area (Å²) in [7, 11) is 0. The standard InChI is InChI=1S/C14H17F3N2O2S/c1-2-10-3-8-22-12(10)13(21)19-6-4-18(5-7-19)11(20)9-14(15,16)17/h3,8H,2,4-7,9H2,1H3. The molecule has 0 aliphatic carbocycles. The van der Waals surface area contributed by atoms with E-state index in [0.717, 1.165) is 12.0 Å². The number of amides is 2. The van der Waals surface area contributed by atoms with E-state index in [1.807, 2.05) is 18.4 Å². The van der Waals surface area contributed by atoms with E-state index in [9.17, 15) is 22.8 Å². The maximum atomic E-state index is 12.4. The van der Waals surface area contributed by atoms with Crippen LogP contribution in [0, 0.1) is 0 Å². The molecule has 0 spiro atoms. The van der Waals surface area contributed by atoms with Crippen molar-refractivity contribution >= 4 is 23.2 Å². The van der Waals surface area contributed by atoms with Crippen LogP contribution in [0.5, 0.6) is 0 Å². The van der Waals surface area contributed by atoms with Crippen molar-refractivity contribution in [1.82, 2.24) is 9.80 Å². The SMILES string of the molecule is CCc1ccsc1C(=O)N1CCN(C(=O)CC(F)(F)F)CC1. The number of alkyl halides is 3. The Kier molecular flexibility index (Phi) is 5.10. The Labute approximate surface area is 130 Å². The van der Waals surface area contributed by atoms with E-state index >= 15 is 0 Å². The lowest BCUT2D eigenvalue weighted by atomic mass is 10.2. The van der Waals surface area contributed by atoms with Gasteiger partial charge in [-0.25, -0.2) is 0 Å². The zero-order chi connectivity index (χ0) is 16.3. The summed E-state index contributed by atoms with van der Waals surface area (Å²) in [6, 6.07) is 1.90. The van der Waals surface area contributed by atoms with Gasteiger partial charge in [0.15, 0.2) is 0 Å². The van der Waals surface area contributed by atoms with Crippen molar-refractivity contribution in [3.05, 3.63) is 21.9 Å². The van der Waals surface area contributed by atoms with Gasteiger partial charge in [-0.15, -0.1) is 11.3 Å². The van der Waals surface area contributed by atoms with Gasteiger partial charge in [0.05, 0.1) is 4.88 Å². The zero-order valence-corrected chi connectivity index (χ0v) is 13.0. The second kappa shape index (κ2) is 6.68. The fraction of sp³-hybridized carbons (Fsp3) is 0.571. The van der Waals surface area contributed by atoms with Crippen LogP contribution >= 0.6 is 11.3 Å². The Bertz CT molecular complexity index is 549. The molecule has 0 atom stereocenters. The van der Waals surface area contributed by atoms with Gasteiger partial charge in [-0.1, -0.05) is 6.92 Å². The molecule has 0 saturated carbocycles. The van der Waals surface area contributed by atoms with Gasteiger partial charge in [0.25, 0.3) is 5.91 Å². The molecule has 2 heterocycles. The average Bonchev–Trinajstić information content (AvgIpc) is 2.93. The Morgan fingerprint density at radius 1 is 1.18 bits per heavy atom. The van der Waals surface area contributed by atoms with E-state index in [0.29, 0.717) is 4.88 Å². The molecule has 0 aromatic carbocycles. The first-order valence-corrected chi connectivity index (χ1v) is 7.90. The fourth-order valence-electron chi connectivity index (χ4n) is 2.39. The summed E-state index contributed by atoms with van der Waals surface area (Å²) in [5.74, 6) is -1.03. The molecule has 2 rings (SSSR count). The second-order valence-corrected chi connectivity index (χ2v) is 6.01. The summed E-state index contributed by atoms with van der Waals surface area (Å²) in [5, 5.41) is 1.86. The molecule has 22 heavy (non-hydrogen) atoms. The maximum absolute atomic E-state index is 12.4. The number of piperazine rings is 1. The maximum Gasteiger partial charge on any atom is 0.397 e. The van der Waals surface area contributed by atoms with Crippen molar-refractivity contribution in [3.63, 3.8) is 0 Å². The molecule has 1 saturated heterocycles. The number of hydrogen-bond donors (Lipinski definition) is 0. The molecule has 1 fully saturated rings. The first kappa shape index (κ1) is 16.8. The van der Waals surface area contributed by atoms with E-state index in [1.54, 1.807) is 4.90 Å². The molecule has 1 aromatic rings. The minimum atomic E-state index is -4.49. The molecule has 1 aliphatic rings. The average molecular weight is 334 g/mol. The molecule has 0 N–H and O–H groups in total. The number of halogens is 3. The lowest BCUT2D eigenvalue weighted by Gasteiger charge is -2.35. The Morgan fingerprint density at radius 2 is 1.77 bits per heavy atom. The molecule has 8 heteroatoms. The molecule has 4 nitrogen and oxygen atoms in total. The molecule has 0 unspecified atom stereocenters. The van der Waals surface area contributed by atoms with Gasteiger partial charge >= 0.3 is 6.18 Å². The highest BCUT2D eigenvalue weighted by molar-refractivity contribution is 7.12. The Morgan fingerprint density at radius 3 is 2.32 bits per heavy atom. The summed E-state index contributed by atoms with van der Waals surface area (Å²) >= 11 is 1.37. The number of thiophene rings is 1. The lowest BCUT2D eigenvalue weighted by Crippen LogP contribution is -2.51. The van der Waals surface area contributed by atoms with Gasteiger partial charge in [-0.05, 0) is 23.4 Å². The summed E-state index contributed by atoms with van der Waals surface area (Å²) in [6.07, 6.45) is -5.17. The van der Waals surface area contributed by atoms with Gasteiger partial charge in [-0.3, -0.25) is 9.59 Å². The van der Waals surface area contributed by atoms with Gasteiger partial charge in [0.1, 0.15) is 6.42 Å². The second-order valence-electron chi connectivity index (χ2n) is 5.09. The molecule has 122 valence electrons. The summed E-state index contributed by atoms with van der Waals surface area (Å²) in [4.78, 5) is 27.4. The molecule has 1 aliphatic heterocycles. The van der Waals surface area contributed by atoms with Crippen LogP contribution in [0.3, 0.4) is 0 Å². The van der Waals surface area contributed by atoms with Crippen LogP contribution in [-0.4, -0.2) is 54.0 Å². The number of nitrogens with zero attached hydrogens (tertiary/aromatic N) is 2. The third kappa shape index (κ3) is 4.00. The molecular weight excluding hydrogens is 317 g/mol. The molecule has 2 amide bonds. The van der Waals surface area contributed by atoms with Crippen LogP contribution in [0.4, 0.5) is 13.2 Å². The van der Waals surface area contributed by atoms with Crippen molar-refractivity contribution in [1.29, 1.82) is 0 Å². The fourth-order valence-corrected chi connectivity index (χ4v) is 3.35. The van der Waals surface area contributed by atoms with Crippen LogP contribution in [0.25, 0.3) is 0 Å². The quantitative estimate of drug-likeness (QED) is 0.852. The van der Waals surface area contributed by atoms with Crippen LogP contribution in [-0.2, 0) is 11.2 Å². The van der Waals surface area contributed by atoms with Crippen molar-refractivity contribution in [2.24, 2.45) is 0 Å². The number of rotatable bonds is 3. The molecule has 0 radical (unpaired) electrons. The molecule has 1 aromatic heterocycles. The van der Waals surface area contributed by atoms with Gasteiger partial charge < -0.3 is 9.80 Å². The summed E-state index contributed by atoms with van der Waals surface area (Å²) in [5.41, 5.74) is 0.977. The van der Waals surface area contributed by atoms with Gasteiger partial charge in [-0.2, -0.15) is 13.2 Å². The van der Waals surface area contributed by atoms with Crippen LogP contribution in [0.15, 0.2) is 11.4 Å². The highest BCUT2D eigenvalue weighted by Gasteiger charge is 2.35. The minimum absolute atomic E-state index is 0.102. The first-order valence-electron chi connectivity index (χ1n) is 7.02. The van der Waals surface area contributed by atoms with Crippen molar-refractivity contribution in [3.8, 4) is 0 Å². The van der Waals surface area contributed by atoms with Crippen LogP contribution in [0.2, 0.25) is 0 Å². The highest BCUT2D eigenvalue weighted by Crippen LogP contribution is 2.23. The Hall–Kier alpha value is -1.57. The van der Waals surface area contributed by atoms with Gasteiger partial charge in [0.2, 0.25) is 5.91 Å². The van der Waals surface area contributed by atoms with E-state index in [2.05, 4.69) is 0 Å². The van der Waals surface area contributed by atoms with E-state index in [1.165, 1.54) is 16.2 Å². The number of carbonyl (C=O) groups excluding carboxylic acids is 2. The first-order chi connectivity index (χ1) is 10.3. The van der Waals surface area contributed by atoms with E-state index in [4.69, 9.17) is 0 Å². The summed E-state index contributed by atoms with van der Waals surface area (Å²) in [6.45, 7) is 2.79. The Balaban J connectivity index is 1.92. The third-order valence-corrected chi connectivity index (χ3v) is 4.54. The predicted molar refractivity (Wildman–Crippen MR) is 76.9 cm³/mol. The number of aryl methyl sites for hydroxylation is 1. The predicted octanol–water partition coefficient (Wildman–Crippen LogP) is 2.55. The van der Waals surface area contributed by atoms with Crippen molar-refractivity contribution in [2.45, 2.75) is 25.9 Å². The topological polar surface area (TPSA) is 40.6 Å². The molecule has 0 bridgehead atoms. The molecular formula is C14H17F3N2O2S. The minimum Gasteiger partial charge on any atom is -0.339 e. The monoisotopic (exact) mass is 334 g/mol. The van der Waals surface area contributed by atoms with E-state index < -0.39 is 18.5 Å². The van der Waals surface area contributed by atoms with E-state index in [-0.39, 0.29) is 32.1 Å². The van der Waals surface area contributed by atoms with Crippen molar-refractivity contribution in [2.75, 3.05) is 26.2 Å². The number of hydrogen-bond acceptors (Lipinski definition) is 3. The van der Waals surface area contributed by atoms with Gasteiger partial charge in [0, 0.05) is 26.2 Å². The third-order valence-electron chi connectivity index (χ3n) is 3.59. The summed E-state index contributed by atoms with van der Waals surface area (Å²) < 4.78 is 36.7. The highest BCUT2D eigenvalue weighted by atomic mass is 32.1. The zero-order valence-electron chi connectivity index (χ0n) is 12.2.